The Morgan fingerprint density at radius 1 is 1.30 bits per heavy atom. The molecule has 2 heterocycles. The number of nitro benzene ring substituents is 1. The zero-order valence-corrected chi connectivity index (χ0v) is 20.9. The smallest absolute Gasteiger partial charge is 0.358 e. The largest absolute Gasteiger partial charge is 0.476 e. The number of hydrogen-bond acceptors (Lipinski definition) is 8. The van der Waals surface area contributed by atoms with Crippen LogP contribution < -0.4 is 10.2 Å². The number of anilines is 2. The summed E-state index contributed by atoms with van der Waals surface area (Å²) in [6, 6.07) is 6.06. The molecule has 1 atom stereocenters. The highest BCUT2D eigenvalue weighted by molar-refractivity contribution is 6.35. The fourth-order valence-corrected chi connectivity index (χ4v) is 4.26. The number of halogens is 2. The number of hydrogen-bond donors (Lipinski definition) is 2. The topological polar surface area (TPSA) is 147 Å². The Morgan fingerprint density at radius 3 is 2.65 bits per heavy atom. The third kappa shape index (κ3) is 5.08. The highest BCUT2D eigenvalue weighted by atomic mass is 35.5. The monoisotopic (exact) mass is 531 g/mol. The van der Waals surface area contributed by atoms with E-state index in [0.29, 0.717) is 30.2 Å². The van der Waals surface area contributed by atoms with Crippen molar-refractivity contribution in [1.82, 2.24) is 19.9 Å². The van der Waals surface area contributed by atoms with Crippen LogP contribution in [0.3, 0.4) is 0 Å². The van der Waals surface area contributed by atoms with E-state index in [-0.39, 0.29) is 27.9 Å². The molecule has 1 saturated heterocycles. The maximum atomic E-state index is 14.3. The molecule has 1 amide bonds. The van der Waals surface area contributed by atoms with Crippen LogP contribution in [0.15, 0.2) is 30.5 Å². The van der Waals surface area contributed by atoms with E-state index in [4.69, 9.17) is 16.7 Å². The SMILES string of the molecule is Cc1c(F)c([N+](=O)[O-])cc(C(=O)Nc2cc(-n3cc(C(=O)O)nn3)ccc2N2CCN(C)C(C)C2)c1Cl. The minimum absolute atomic E-state index is 0.216. The second-order valence-corrected chi connectivity index (χ2v) is 9.12. The lowest BCUT2D eigenvalue weighted by atomic mass is 10.1. The molecule has 1 aliphatic rings. The molecular formula is C23H23ClFN7O5. The Morgan fingerprint density at radius 2 is 2.03 bits per heavy atom. The van der Waals surface area contributed by atoms with Crippen LogP contribution in [0.5, 0.6) is 0 Å². The summed E-state index contributed by atoms with van der Waals surface area (Å²) in [7, 11) is 2.02. The Kier molecular flexibility index (Phi) is 7.09. The van der Waals surface area contributed by atoms with E-state index in [9.17, 15) is 24.1 Å². The molecule has 0 saturated carbocycles. The van der Waals surface area contributed by atoms with Crippen LogP contribution in [0.25, 0.3) is 5.69 Å². The van der Waals surface area contributed by atoms with Crippen molar-refractivity contribution >= 4 is 40.5 Å². The third-order valence-corrected chi connectivity index (χ3v) is 6.84. The molecule has 14 heteroatoms. The first kappa shape index (κ1) is 26.0. The number of benzene rings is 2. The van der Waals surface area contributed by atoms with Crippen LogP contribution in [0.4, 0.5) is 21.5 Å². The first-order valence-electron chi connectivity index (χ1n) is 11.2. The van der Waals surface area contributed by atoms with Gasteiger partial charge in [0, 0.05) is 37.3 Å². The number of carbonyl (C=O) groups excluding carboxylic acids is 1. The molecule has 0 aliphatic carbocycles. The highest BCUT2D eigenvalue weighted by Gasteiger charge is 2.27. The Balaban J connectivity index is 1.77. The number of carboxylic acid groups (broad SMARTS) is 1. The molecule has 0 bridgehead atoms. The Hall–Kier alpha value is -4.10. The maximum Gasteiger partial charge on any atom is 0.358 e. The summed E-state index contributed by atoms with van der Waals surface area (Å²) in [5.74, 6) is -3.13. The number of nitrogens with one attached hydrogen (secondary N) is 1. The van der Waals surface area contributed by atoms with Gasteiger partial charge in [0.25, 0.3) is 5.91 Å². The van der Waals surface area contributed by atoms with Crippen LogP contribution in [0, 0.1) is 22.9 Å². The molecule has 194 valence electrons. The molecule has 0 spiro atoms. The fourth-order valence-electron chi connectivity index (χ4n) is 4.04. The second-order valence-electron chi connectivity index (χ2n) is 8.74. The number of amides is 1. The molecule has 2 N–H and O–H groups in total. The van der Waals surface area contributed by atoms with Gasteiger partial charge in [-0.2, -0.15) is 4.39 Å². The summed E-state index contributed by atoms with van der Waals surface area (Å²) in [6.07, 6.45) is 1.23. The van der Waals surface area contributed by atoms with Gasteiger partial charge in [0.05, 0.1) is 38.8 Å². The van der Waals surface area contributed by atoms with Crippen molar-refractivity contribution in [2.24, 2.45) is 0 Å². The number of aromatic nitrogens is 3. The number of aromatic carboxylic acids is 1. The van der Waals surface area contributed by atoms with Gasteiger partial charge in [0.1, 0.15) is 0 Å². The van der Waals surface area contributed by atoms with E-state index in [1.54, 1.807) is 18.2 Å². The Bertz CT molecular complexity index is 1410. The maximum absolute atomic E-state index is 14.3. The van der Waals surface area contributed by atoms with E-state index in [1.807, 2.05) is 7.05 Å². The number of nitro groups is 1. The predicted molar refractivity (Wildman–Crippen MR) is 133 cm³/mol. The van der Waals surface area contributed by atoms with Crippen molar-refractivity contribution in [3.05, 3.63) is 68.2 Å². The van der Waals surface area contributed by atoms with Crippen LogP contribution in [-0.4, -0.2) is 74.5 Å². The van der Waals surface area contributed by atoms with Crippen molar-refractivity contribution in [2.45, 2.75) is 19.9 Å². The van der Waals surface area contributed by atoms with Crippen molar-refractivity contribution in [2.75, 3.05) is 36.9 Å². The molecule has 1 aliphatic heterocycles. The van der Waals surface area contributed by atoms with Gasteiger partial charge in [0.2, 0.25) is 5.82 Å². The minimum Gasteiger partial charge on any atom is -0.476 e. The number of likely N-dealkylation sites (N-methyl/N-ethyl adjacent to an activating group) is 1. The molecule has 0 radical (unpaired) electrons. The van der Waals surface area contributed by atoms with Gasteiger partial charge in [-0.15, -0.1) is 5.10 Å². The van der Waals surface area contributed by atoms with Gasteiger partial charge >= 0.3 is 11.7 Å². The number of carboxylic acids is 1. The lowest BCUT2D eigenvalue weighted by Gasteiger charge is -2.39. The predicted octanol–water partition coefficient (Wildman–Crippen LogP) is 3.37. The summed E-state index contributed by atoms with van der Waals surface area (Å²) in [4.78, 5) is 39.2. The molecule has 37 heavy (non-hydrogen) atoms. The first-order valence-corrected chi connectivity index (χ1v) is 11.5. The van der Waals surface area contributed by atoms with Gasteiger partial charge in [-0.3, -0.25) is 14.9 Å². The fraction of sp³-hybridized carbons (Fsp3) is 0.304. The van der Waals surface area contributed by atoms with Gasteiger partial charge in [-0.25, -0.2) is 9.48 Å². The van der Waals surface area contributed by atoms with Crippen molar-refractivity contribution in [1.29, 1.82) is 0 Å². The first-order chi connectivity index (χ1) is 17.5. The van der Waals surface area contributed by atoms with Crippen molar-refractivity contribution in [3.8, 4) is 5.69 Å². The molecule has 3 aromatic rings. The summed E-state index contributed by atoms with van der Waals surface area (Å²) in [5.41, 5.74) is -0.196. The van der Waals surface area contributed by atoms with Crippen LogP contribution in [-0.2, 0) is 0 Å². The third-order valence-electron chi connectivity index (χ3n) is 6.35. The zero-order chi connectivity index (χ0) is 27.0. The molecule has 2 aromatic carbocycles. The van der Waals surface area contributed by atoms with E-state index in [0.717, 1.165) is 12.6 Å². The van der Waals surface area contributed by atoms with E-state index in [1.165, 1.54) is 17.8 Å². The van der Waals surface area contributed by atoms with Crippen LogP contribution in [0.1, 0.15) is 33.3 Å². The average Bonchev–Trinajstić information content (AvgIpc) is 3.35. The number of nitrogens with zero attached hydrogens (tertiary/aromatic N) is 6. The van der Waals surface area contributed by atoms with E-state index < -0.39 is 28.3 Å². The average molecular weight is 532 g/mol. The van der Waals surface area contributed by atoms with Gasteiger partial charge < -0.3 is 20.2 Å². The highest BCUT2D eigenvalue weighted by Crippen LogP contribution is 2.34. The summed E-state index contributed by atoms with van der Waals surface area (Å²) in [5, 5.41) is 30.4. The molecule has 12 nitrogen and oxygen atoms in total. The molecule has 1 unspecified atom stereocenters. The van der Waals surface area contributed by atoms with Gasteiger partial charge in [-0.1, -0.05) is 16.8 Å². The quantitative estimate of drug-likeness (QED) is 0.361. The number of carbonyl (C=O) groups is 2. The van der Waals surface area contributed by atoms with Crippen LogP contribution >= 0.6 is 11.6 Å². The number of rotatable bonds is 6. The van der Waals surface area contributed by atoms with Crippen LogP contribution in [0.2, 0.25) is 5.02 Å². The minimum atomic E-state index is -1.24. The summed E-state index contributed by atoms with van der Waals surface area (Å²) in [6.45, 7) is 5.42. The molecule has 4 rings (SSSR count). The van der Waals surface area contributed by atoms with E-state index in [2.05, 4.69) is 32.4 Å². The molecule has 1 aromatic heterocycles. The lowest BCUT2D eigenvalue weighted by molar-refractivity contribution is -0.387. The van der Waals surface area contributed by atoms with Gasteiger partial charge in [-0.05, 0) is 39.1 Å². The summed E-state index contributed by atoms with van der Waals surface area (Å²) < 4.78 is 15.6. The second kappa shape index (κ2) is 10.1. The zero-order valence-electron chi connectivity index (χ0n) is 20.1. The Labute approximate surface area is 215 Å². The normalized spacial score (nSPS) is 16.0. The summed E-state index contributed by atoms with van der Waals surface area (Å²) >= 11 is 6.20. The molecule has 1 fully saturated rings. The van der Waals surface area contributed by atoms with Crippen molar-refractivity contribution < 1.29 is 24.0 Å². The lowest BCUT2D eigenvalue weighted by Crippen LogP contribution is -2.50. The van der Waals surface area contributed by atoms with E-state index >= 15 is 0 Å². The van der Waals surface area contributed by atoms with Gasteiger partial charge in [0.15, 0.2) is 5.69 Å². The number of piperazine rings is 1. The molecular weight excluding hydrogens is 509 g/mol. The standard InChI is InChI=1S/C23H23ClFN7O5/c1-12-10-30(7-6-29(12)3)18-5-4-14(31-11-17(23(34)35)27-28-31)8-16(18)26-22(33)15-9-19(32(36)37)21(25)13(2)20(15)24/h4-5,8-9,11-12H,6-7,10H2,1-3H3,(H,26,33)(H,34,35). The van der Waals surface area contributed by atoms with Crippen molar-refractivity contribution in [3.63, 3.8) is 0 Å².